The zero-order valence-electron chi connectivity index (χ0n) is 13.4. The fourth-order valence-corrected chi connectivity index (χ4v) is 3.57. The number of nitrogens with zero attached hydrogens (tertiary/aromatic N) is 2. The molecule has 3 atom stereocenters. The predicted molar refractivity (Wildman–Crippen MR) is 82.7 cm³/mol. The van der Waals surface area contributed by atoms with Gasteiger partial charge in [-0.15, -0.1) is 0 Å². The van der Waals surface area contributed by atoms with Crippen LogP contribution in [0.25, 0.3) is 0 Å². The van der Waals surface area contributed by atoms with Crippen LogP contribution in [-0.4, -0.2) is 61.0 Å². The third kappa shape index (κ3) is 3.73. The first-order valence-electron chi connectivity index (χ1n) is 8.33. The van der Waals surface area contributed by atoms with Crippen LogP contribution >= 0.6 is 0 Å². The minimum Gasteiger partial charge on any atom is -0.341 e. The summed E-state index contributed by atoms with van der Waals surface area (Å²) in [4.78, 5) is 17.1. The zero-order chi connectivity index (χ0) is 14.5. The van der Waals surface area contributed by atoms with Gasteiger partial charge in [-0.05, 0) is 65.5 Å². The molecule has 2 aliphatic rings. The molecule has 4 nitrogen and oxygen atoms in total. The molecule has 2 aliphatic heterocycles. The highest BCUT2D eigenvalue weighted by molar-refractivity contribution is 5.81. The van der Waals surface area contributed by atoms with E-state index >= 15 is 0 Å². The van der Waals surface area contributed by atoms with E-state index in [4.69, 9.17) is 0 Å². The number of piperidine rings is 2. The van der Waals surface area contributed by atoms with Crippen molar-refractivity contribution in [2.24, 2.45) is 5.92 Å². The van der Waals surface area contributed by atoms with Crippen LogP contribution in [0.5, 0.6) is 0 Å². The van der Waals surface area contributed by atoms with E-state index in [1.807, 2.05) is 7.05 Å². The molecule has 2 heterocycles. The van der Waals surface area contributed by atoms with Crippen molar-refractivity contribution in [3.8, 4) is 0 Å². The van der Waals surface area contributed by atoms with Crippen molar-refractivity contribution < 1.29 is 4.79 Å². The molecule has 1 amide bonds. The Morgan fingerprint density at radius 1 is 1.10 bits per heavy atom. The Bertz CT molecular complexity index is 315. The van der Waals surface area contributed by atoms with Crippen LogP contribution in [0.15, 0.2) is 0 Å². The highest BCUT2D eigenvalue weighted by atomic mass is 16.2. The normalized spacial score (nSPS) is 28.1. The van der Waals surface area contributed by atoms with E-state index in [1.165, 1.54) is 32.1 Å². The summed E-state index contributed by atoms with van der Waals surface area (Å²) in [6.45, 7) is 8.42. The topological polar surface area (TPSA) is 35.6 Å². The lowest BCUT2D eigenvalue weighted by Crippen LogP contribution is -2.53. The first-order chi connectivity index (χ1) is 9.63. The number of rotatable bonds is 4. The molecule has 0 bridgehead atoms. The molecule has 0 aliphatic carbocycles. The molecule has 0 aromatic rings. The average Bonchev–Trinajstić information content (AvgIpc) is 2.53. The molecule has 20 heavy (non-hydrogen) atoms. The molecular weight excluding hydrogens is 250 g/mol. The molecule has 4 heteroatoms. The lowest BCUT2D eigenvalue weighted by molar-refractivity contribution is -0.138. The van der Waals surface area contributed by atoms with Crippen LogP contribution in [0.4, 0.5) is 0 Å². The lowest BCUT2D eigenvalue weighted by atomic mass is 9.91. The van der Waals surface area contributed by atoms with Gasteiger partial charge in [0.15, 0.2) is 0 Å². The summed E-state index contributed by atoms with van der Waals surface area (Å²) in [7, 11) is 2.03. The standard InChI is InChI=1S/C16H31N3O/c1-13(17-3)15-8-7-11-19(12-15)14(2)16(20)18-9-5-4-6-10-18/h13-15,17H,4-12H2,1-3H3. The Morgan fingerprint density at radius 2 is 1.80 bits per heavy atom. The summed E-state index contributed by atoms with van der Waals surface area (Å²) in [5, 5.41) is 3.36. The van der Waals surface area contributed by atoms with Crippen molar-refractivity contribution in [2.75, 3.05) is 33.2 Å². The molecule has 0 spiro atoms. The zero-order valence-corrected chi connectivity index (χ0v) is 13.4. The van der Waals surface area contributed by atoms with Crippen molar-refractivity contribution in [1.29, 1.82) is 0 Å². The van der Waals surface area contributed by atoms with Crippen molar-refractivity contribution in [1.82, 2.24) is 15.1 Å². The Morgan fingerprint density at radius 3 is 2.45 bits per heavy atom. The summed E-state index contributed by atoms with van der Waals surface area (Å²) in [6, 6.07) is 0.593. The Kier molecular flexibility index (Phi) is 5.85. The Labute approximate surface area is 123 Å². The van der Waals surface area contributed by atoms with Gasteiger partial charge in [0.25, 0.3) is 0 Å². The third-order valence-electron chi connectivity index (χ3n) is 5.22. The Hall–Kier alpha value is -0.610. The molecule has 2 rings (SSSR count). The van der Waals surface area contributed by atoms with Gasteiger partial charge in [0.2, 0.25) is 5.91 Å². The summed E-state index contributed by atoms with van der Waals surface area (Å²) in [6.07, 6.45) is 6.14. The van der Waals surface area contributed by atoms with Crippen LogP contribution in [0.2, 0.25) is 0 Å². The fourth-order valence-electron chi connectivity index (χ4n) is 3.57. The molecule has 3 unspecified atom stereocenters. The van der Waals surface area contributed by atoms with Crippen LogP contribution in [0.1, 0.15) is 46.0 Å². The maximum absolute atomic E-state index is 12.6. The van der Waals surface area contributed by atoms with Crippen LogP contribution < -0.4 is 5.32 Å². The molecule has 0 saturated carbocycles. The van der Waals surface area contributed by atoms with Gasteiger partial charge in [0.05, 0.1) is 6.04 Å². The highest BCUT2D eigenvalue weighted by Crippen LogP contribution is 2.22. The van der Waals surface area contributed by atoms with Gasteiger partial charge in [0, 0.05) is 25.7 Å². The number of amides is 1. The van der Waals surface area contributed by atoms with Crippen molar-refractivity contribution in [2.45, 2.75) is 58.0 Å². The van der Waals surface area contributed by atoms with Crippen LogP contribution in [-0.2, 0) is 4.79 Å². The molecule has 2 fully saturated rings. The quantitative estimate of drug-likeness (QED) is 0.852. The van der Waals surface area contributed by atoms with Gasteiger partial charge in [-0.3, -0.25) is 9.69 Å². The van der Waals surface area contributed by atoms with E-state index in [0.717, 1.165) is 26.2 Å². The van der Waals surface area contributed by atoms with E-state index in [-0.39, 0.29) is 6.04 Å². The number of likely N-dealkylation sites (tertiary alicyclic amines) is 2. The van der Waals surface area contributed by atoms with E-state index < -0.39 is 0 Å². The lowest BCUT2D eigenvalue weighted by Gasteiger charge is -2.40. The third-order valence-corrected chi connectivity index (χ3v) is 5.22. The molecule has 0 radical (unpaired) electrons. The number of carbonyl (C=O) groups is 1. The fraction of sp³-hybridized carbons (Fsp3) is 0.938. The highest BCUT2D eigenvalue weighted by Gasteiger charge is 2.31. The molecule has 0 aromatic heterocycles. The largest absolute Gasteiger partial charge is 0.341 e. The molecular formula is C16H31N3O. The van der Waals surface area contributed by atoms with Crippen LogP contribution in [0, 0.1) is 5.92 Å². The predicted octanol–water partition coefficient (Wildman–Crippen LogP) is 1.71. The van der Waals surface area contributed by atoms with E-state index in [1.54, 1.807) is 0 Å². The second kappa shape index (κ2) is 7.41. The average molecular weight is 281 g/mol. The van der Waals surface area contributed by atoms with Gasteiger partial charge in [-0.2, -0.15) is 0 Å². The van der Waals surface area contributed by atoms with Gasteiger partial charge in [-0.25, -0.2) is 0 Å². The van der Waals surface area contributed by atoms with Gasteiger partial charge in [0.1, 0.15) is 0 Å². The molecule has 0 aromatic carbocycles. The van der Waals surface area contributed by atoms with E-state index in [0.29, 0.717) is 17.9 Å². The molecule has 116 valence electrons. The van der Waals surface area contributed by atoms with E-state index in [2.05, 4.69) is 29.0 Å². The number of nitrogens with one attached hydrogen (secondary N) is 1. The van der Waals surface area contributed by atoms with Crippen molar-refractivity contribution in [3.63, 3.8) is 0 Å². The van der Waals surface area contributed by atoms with Crippen molar-refractivity contribution >= 4 is 5.91 Å². The monoisotopic (exact) mass is 281 g/mol. The summed E-state index contributed by atoms with van der Waals surface area (Å²) >= 11 is 0. The number of hydrogen-bond donors (Lipinski definition) is 1. The Balaban J connectivity index is 1.90. The minimum atomic E-state index is 0.0555. The summed E-state index contributed by atoms with van der Waals surface area (Å²) in [5.41, 5.74) is 0. The van der Waals surface area contributed by atoms with Crippen molar-refractivity contribution in [3.05, 3.63) is 0 Å². The molecule has 2 saturated heterocycles. The maximum atomic E-state index is 12.6. The van der Waals surface area contributed by atoms with Gasteiger partial charge in [-0.1, -0.05) is 0 Å². The number of carbonyl (C=O) groups excluding carboxylic acids is 1. The smallest absolute Gasteiger partial charge is 0.239 e. The summed E-state index contributed by atoms with van der Waals surface area (Å²) < 4.78 is 0. The van der Waals surface area contributed by atoms with E-state index in [9.17, 15) is 4.79 Å². The van der Waals surface area contributed by atoms with Gasteiger partial charge < -0.3 is 10.2 Å². The van der Waals surface area contributed by atoms with Crippen LogP contribution in [0.3, 0.4) is 0 Å². The second-order valence-electron chi connectivity index (χ2n) is 6.54. The number of hydrogen-bond acceptors (Lipinski definition) is 3. The second-order valence-corrected chi connectivity index (χ2v) is 6.54. The molecule has 1 N–H and O–H groups in total. The van der Waals surface area contributed by atoms with Gasteiger partial charge >= 0.3 is 0 Å². The first kappa shape index (κ1) is 15.8. The summed E-state index contributed by atoms with van der Waals surface area (Å²) in [5.74, 6) is 1.02. The maximum Gasteiger partial charge on any atom is 0.239 e. The first-order valence-corrected chi connectivity index (χ1v) is 8.33. The minimum absolute atomic E-state index is 0.0555. The SMILES string of the molecule is CNC(C)C1CCCN(C(C)C(=O)N2CCCCC2)C1.